The molecule has 1 aliphatic rings. The van der Waals surface area contributed by atoms with Crippen LogP contribution in [-0.4, -0.2) is 36.9 Å². The Balaban J connectivity index is 1.58. The molecule has 0 spiro atoms. The lowest BCUT2D eigenvalue weighted by molar-refractivity contribution is 0.0985. The number of rotatable bonds is 3. The number of para-hydroxylation sites is 1. The maximum atomic E-state index is 13.4. The number of anilines is 2. The quantitative estimate of drug-likeness (QED) is 0.632. The zero-order valence-corrected chi connectivity index (χ0v) is 18.3. The van der Waals surface area contributed by atoms with Crippen molar-refractivity contribution in [2.45, 2.75) is 13.5 Å². The Hall–Kier alpha value is -3.15. The number of halogens is 1. The highest BCUT2D eigenvalue weighted by Crippen LogP contribution is 2.29. The molecular formula is C25H24ClN3O2. The minimum absolute atomic E-state index is 0.149. The number of nitrogens with one attached hydrogen (secondary N) is 1. The fraction of sp³-hybridized carbons (Fsp3) is 0.200. The van der Waals surface area contributed by atoms with Crippen molar-refractivity contribution in [1.29, 1.82) is 0 Å². The molecule has 0 bridgehead atoms. The average molecular weight is 434 g/mol. The summed E-state index contributed by atoms with van der Waals surface area (Å²) in [7, 11) is 2.05. The van der Waals surface area contributed by atoms with Crippen molar-refractivity contribution in [2.24, 2.45) is 0 Å². The van der Waals surface area contributed by atoms with Gasteiger partial charge in [-0.25, -0.2) is 0 Å². The normalized spacial score (nSPS) is 14.0. The fourth-order valence-electron chi connectivity index (χ4n) is 3.82. The van der Waals surface area contributed by atoms with Crippen LogP contribution >= 0.6 is 11.6 Å². The van der Waals surface area contributed by atoms with Crippen LogP contribution in [0.5, 0.6) is 0 Å². The van der Waals surface area contributed by atoms with Crippen LogP contribution < -0.4 is 10.2 Å². The van der Waals surface area contributed by atoms with E-state index in [9.17, 15) is 9.59 Å². The third-order valence-electron chi connectivity index (χ3n) is 5.52. The Morgan fingerprint density at radius 1 is 0.935 bits per heavy atom. The molecule has 1 aliphatic heterocycles. The Morgan fingerprint density at radius 2 is 1.68 bits per heavy atom. The lowest BCUT2D eigenvalue weighted by Gasteiger charge is -2.23. The number of amides is 2. The lowest BCUT2D eigenvalue weighted by atomic mass is 10.1. The minimum Gasteiger partial charge on any atom is -0.322 e. The van der Waals surface area contributed by atoms with E-state index in [-0.39, 0.29) is 11.8 Å². The molecule has 0 radical (unpaired) electrons. The molecule has 6 heteroatoms. The number of fused-ring (bicyclic) bond motifs is 1. The van der Waals surface area contributed by atoms with E-state index in [0.717, 1.165) is 29.9 Å². The molecule has 4 rings (SSSR count). The highest BCUT2D eigenvalue weighted by Gasteiger charge is 2.25. The molecule has 1 N–H and O–H groups in total. The Kier molecular flexibility index (Phi) is 6.07. The third kappa shape index (κ3) is 4.48. The van der Waals surface area contributed by atoms with E-state index in [1.165, 1.54) is 0 Å². The van der Waals surface area contributed by atoms with Gasteiger partial charge in [0.2, 0.25) is 0 Å². The first-order chi connectivity index (χ1) is 14.9. The standard InChI is InChI=1S/C25H24ClN3O2/c1-17-7-3-5-9-20(17)24(30)27-19-11-12-21(22(26)15-19)25(31)29-14-13-28(2)16-18-8-4-6-10-23(18)29/h3-12,15H,13-14,16H2,1-2H3,(H,27,30). The van der Waals surface area contributed by atoms with Gasteiger partial charge in [0.15, 0.2) is 0 Å². The summed E-state index contributed by atoms with van der Waals surface area (Å²) in [5.41, 5.74) is 4.46. The van der Waals surface area contributed by atoms with Gasteiger partial charge in [-0.2, -0.15) is 0 Å². The molecule has 0 atom stereocenters. The molecule has 0 saturated carbocycles. The lowest BCUT2D eigenvalue weighted by Crippen LogP contribution is -2.35. The number of carbonyl (C=O) groups is 2. The van der Waals surface area contributed by atoms with Gasteiger partial charge in [-0.3, -0.25) is 9.59 Å². The second-order valence-corrected chi connectivity index (χ2v) is 8.19. The topological polar surface area (TPSA) is 52.7 Å². The smallest absolute Gasteiger partial charge is 0.259 e. The van der Waals surface area contributed by atoms with Gasteiger partial charge in [0.1, 0.15) is 0 Å². The first-order valence-corrected chi connectivity index (χ1v) is 10.6. The second kappa shape index (κ2) is 8.92. The molecule has 1 heterocycles. The number of benzene rings is 3. The van der Waals surface area contributed by atoms with Crippen molar-refractivity contribution in [1.82, 2.24) is 4.90 Å². The predicted octanol–water partition coefficient (Wildman–Crippen LogP) is 4.99. The zero-order valence-electron chi connectivity index (χ0n) is 17.6. The Labute approximate surface area is 187 Å². The monoisotopic (exact) mass is 433 g/mol. The summed E-state index contributed by atoms with van der Waals surface area (Å²) in [4.78, 5) is 29.9. The average Bonchev–Trinajstić information content (AvgIpc) is 2.92. The molecule has 5 nitrogen and oxygen atoms in total. The summed E-state index contributed by atoms with van der Waals surface area (Å²) in [6, 6.07) is 20.3. The van der Waals surface area contributed by atoms with Crippen LogP contribution in [0.4, 0.5) is 11.4 Å². The van der Waals surface area contributed by atoms with Gasteiger partial charge in [0.25, 0.3) is 11.8 Å². The molecule has 0 saturated heterocycles. The van der Waals surface area contributed by atoms with Crippen LogP contribution in [0, 0.1) is 6.92 Å². The van der Waals surface area contributed by atoms with Gasteiger partial charge >= 0.3 is 0 Å². The van der Waals surface area contributed by atoms with Gasteiger partial charge in [0.05, 0.1) is 10.6 Å². The molecule has 31 heavy (non-hydrogen) atoms. The number of likely N-dealkylation sites (N-methyl/N-ethyl adjacent to an activating group) is 1. The number of hydrogen-bond donors (Lipinski definition) is 1. The van der Waals surface area contributed by atoms with Gasteiger partial charge in [0, 0.05) is 36.6 Å². The third-order valence-corrected chi connectivity index (χ3v) is 5.83. The maximum absolute atomic E-state index is 13.4. The summed E-state index contributed by atoms with van der Waals surface area (Å²) >= 11 is 6.49. The van der Waals surface area contributed by atoms with Gasteiger partial charge < -0.3 is 15.1 Å². The molecule has 3 aromatic carbocycles. The van der Waals surface area contributed by atoms with E-state index < -0.39 is 0 Å². The maximum Gasteiger partial charge on any atom is 0.259 e. The number of aryl methyl sites for hydroxylation is 1. The van der Waals surface area contributed by atoms with E-state index in [1.54, 1.807) is 29.2 Å². The molecular weight excluding hydrogens is 410 g/mol. The molecule has 2 amide bonds. The highest BCUT2D eigenvalue weighted by atomic mass is 35.5. The first-order valence-electron chi connectivity index (χ1n) is 10.2. The summed E-state index contributed by atoms with van der Waals surface area (Å²) in [5, 5.41) is 3.17. The van der Waals surface area contributed by atoms with Gasteiger partial charge in [-0.05, 0) is 55.4 Å². The van der Waals surface area contributed by atoms with Crippen molar-refractivity contribution >= 4 is 34.8 Å². The van der Waals surface area contributed by atoms with Crippen LogP contribution in [0.2, 0.25) is 5.02 Å². The predicted molar refractivity (Wildman–Crippen MR) is 125 cm³/mol. The van der Waals surface area contributed by atoms with E-state index >= 15 is 0 Å². The Bertz CT molecular complexity index is 1150. The van der Waals surface area contributed by atoms with E-state index in [2.05, 4.69) is 10.2 Å². The van der Waals surface area contributed by atoms with Crippen LogP contribution in [0.25, 0.3) is 0 Å². The molecule has 0 fully saturated rings. The number of hydrogen-bond acceptors (Lipinski definition) is 3. The van der Waals surface area contributed by atoms with E-state index in [1.807, 2.05) is 56.4 Å². The summed E-state index contributed by atoms with van der Waals surface area (Å²) in [6.45, 7) is 4.02. The van der Waals surface area contributed by atoms with Crippen molar-refractivity contribution in [2.75, 3.05) is 30.4 Å². The summed E-state index contributed by atoms with van der Waals surface area (Å²) in [6.07, 6.45) is 0. The SMILES string of the molecule is Cc1ccccc1C(=O)Nc1ccc(C(=O)N2CCN(C)Cc3ccccc32)c(Cl)c1. The van der Waals surface area contributed by atoms with Crippen molar-refractivity contribution in [3.05, 3.63) is 94.0 Å². The van der Waals surface area contributed by atoms with Crippen LogP contribution in [0.3, 0.4) is 0 Å². The molecule has 0 unspecified atom stereocenters. The summed E-state index contributed by atoms with van der Waals surface area (Å²) < 4.78 is 0. The highest BCUT2D eigenvalue weighted by molar-refractivity contribution is 6.35. The number of carbonyl (C=O) groups excluding carboxylic acids is 2. The minimum atomic E-state index is -0.210. The second-order valence-electron chi connectivity index (χ2n) is 7.79. The van der Waals surface area contributed by atoms with Crippen LogP contribution in [0.1, 0.15) is 31.8 Å². The largest absolute Gasteiger partial charge is 0.322 e. The molecule has 0 aliphatic carbocycles. The van der Waals surface area contributed by atoms with E-state index in [4.69, 9.17) is 11.6 Å². The van der Waals surface area contributed by atoms with Gasteiger partial charge in [-0.1, -0.05) is 48.0 Å². The number of nitrogens with zero attached hydrogens (tertiary/aromatic N) is 2. The first kappa shape index (κ1) is 21.1. The molecule has 3 aromatic rings. The van der Waals surface area contributed by atoms with E-state index in [0.29, 0.717) is 28.4 Å². The van der Waals surface area contributed by atoms with Crippen LogP contribution in [0.15, 0.2) is 66.7 Å². The van der Waals surface area contributed by atoms with Crippen molar-refractivity contribution in [3.8, 4) is 0 Å². The molecule has 0 aromatic heterocycles. The van der Waals surface area contributed by atoms with Crippen molar-refractivity contribution in [3.63, 3.8) is 0 Å². The fourth-order valence-corrected chi connectivity index (χ4v) is 4.08. The summed E-state index contributed by atoms with van der Waals surface area (Å²) in [5.74, 6) is -0.359. The van der Waals surface area contributed by atoms with Crippen LogP contribution in [-0.2, 0) is 6.54 Å². The molecule has 158 valence electrons. The Morgan fingerprint density at radius 3 is 2.45 bits per heavy atom. The van der Waals surface area contributed by atoms with Crippen molar-refractivity contribution < 1.29 is 9.59 Å². The van der Waals surface area contributed by atoms with Gasteiger partial charge in [-0.15, -0.1) is 0 Å². The zero-order chi connectivity index (χ0) is 22.0.